The van der Waals surface area contributed by atoms with Crippen LogP contribution in [-0.2, 0) is 25.7 Å². The number of nitrogens with two attached hydrogens (primary N) is 1. The van der Waals surface area contributed by atoms with Crippen molar-refractivity contribution in [2.24, 2.45) is 5.73 Å². The van der Waals surface area contributed by atoms with Gasteiger partial charge in [0.15, 0.2) is 0 Å². The van der Waals surface area contributed by atoms with Crippen LogP contribution in [0, 0.1) is 0 Å². The lowest BCUT2D eigenvalue weighted by Crippen LogP contribution is -2.45. The molecule has 1 aromatic rings. The summed E-state index contributed by atoms with van der Waals surface area (Å²) in [4.78, 5) is 33.2. The van der Waals surface area contributed by atoms with Crippen LogP contribution in [0.15, 0.2) is 30.3 Å². The molecule has 0 heterocycles. The van der Waals surface area contributed by atoms with Gasteiger partial charge in [-0.15, -0.1) is 0 Å². The molecule has 1 atom stereocenters. The molecule has 114 valence electrons. The molecule has 0 radical (unpaired) electrons. The fourth-order valence-corrected chi connectivity index (χ4v) is 1.63. The molecule has 7 heteroatoms. The van der Waals surface area contributed by atoms with Gasteiger partial charge in [-0.2, -0.15) is 0 Å². The van der Waals surface area contributed by atoms with Gasteiger partial charge in [-0.1, -0.05) is 30.3 Å². The summed E-state index contributed by atoms with van der Waals surface area (Å²) in [5.41, 5.74) is 6.02. The Hall–Kier alpha value is -2.41. The first kappa shape index (κ1) is 16.6. The first-order chi connectivity index (χ1) is 9.99. The number of benzene rings is 1. The molecule has 0 aliphatic heterocycles. The molecule has 7 nitrogen and oxygen atoms in total. The second kappa shape index (κ2) is 8.70. The first-order valence-electron chi connectivity index (χ1n) is 6.41. The van der Waals surface area contributed by atoms with Gasteiger partial charge in [0.25, 0.3) is 0 Å². The van der Waals surface area contributed by atoms with Crippen LogP contribution in [0.2, 0.25) is 0 Å². The van der Waals surface area contributed by atoms with E-state index in [1.54, 1.807) is 0 Å². The van der Waals surface area contributed by atoms with Crippen molar-refractivity contribution in [2.75, 3.05) is 6.61 Å². The molecule has 4 N–H and O–H groups in total. The molecule has 0 saturated heterocycles. The lowest BCUT2D eigenvalue weighted by atomic mass is 10.1. The summed E-state index contributed by atoms with van der Waals surface area (Å²) in [7, 11) is 0. The standard InChI is InChI=1S/C14H18N2O5/c15-14(20)11(6-7-13(18)19)16-12(17)9-21-8-10-4-2-1-3-5-10/h1-5,11H,6-9H2,(H2,15,20)(H,16,17)(H,18,19)/t11-/m1/s1. The zero-order chi connectivity index (χ0) is 15.7. The van der Waals surface area contributed by atoms with Gasteiger partial charge in [-0.25, -0.2) is 0 Å². The number of carboxylic acid groups (broad SMARTS) is 1. The highest BCUT2D eigenvalue weighted by Crippen LogP contribution is 2.01. The second-order valence-corrected chi connectivity index (χ2v) is 4.43. The number of primary amides is 1. The van der Waals surface area contributed by atoms with Crippen LogP contribution in [0.4, 0.5) is 0 Å². The van der Waals surface area contributed by atoms with Crippen LogP contribution in [0.25, 0.3) is 0 Å². The number of carbonyl (C=O) groups is 3. The molecule has 0 bridgehead atoms. The van der Waals surface area contributed by atoms with Gasteiger partial charge in [0, 0.05) is 6.42 Å². The van der Waals surface area contributed by atoms with E-state index >= 15 is 0 Å². The third kappa shape index (κ3) is 7.07. The van der Waals surface area contributed by atoms with Crippen LogP contribution < -0.4 is 11.1 Å². The van der Waals surface area contributed by atoms with Gasteiger partial charge in [0.05, 0.1) is 6.61 Å². The Morgan fingerprint density at radius 2 is 1.90 bits per heavy atom. The molecule has 21 heavy (non-hydrogen) atoms. The number of amides is 2. The predicted octanol–water partition coefficient (Wildman–Crippen LogP) is 0.0381. The Morgan fingerprint density at radius 1 is 1.24 bits per heavy atom. The molecular formula is C14H18N2O5. The van der Waals surface area contributed by atoms with Gasteiger partial charge in [-0.3, -0.25) is 14.4 Å². The molecule has 2 amide bonds. The van der Waals surface area contributed by atoms with Crippen molar-refractivity contribution in [1.82, 2.24) is 5.32 Å². The number of rotatable bonds is 9. The van der Waals surface area contributed by atoms with Gasteiger partial charge in [0.1, 0.15) is 12.6 Å². The van der Waals surface area contributed by atoms with E-state index in [0.29, 0.717) is 0 Å². The topological polar surface area (TPSA) is 119 Å². The van der Waals surface area contributed by atoms with Crippen molar-refractivity contribution in [2.45, 2.75) is 25.5 Å². The van der Waals surface area contributed by atoms with Crippen molar-refractivity contribution in [3.63, 3.8) is 0 Å². The van der Waals surface area contributed by atoms with Crippen LogP contribution in [0.1, 0.15) is 18.4 Å². The quantitative estimate of drug-likeness (QED) is 0.594. The maximum atomic E-state index is 11.6. The number of hydrogen-bond donors (Lipinski definition) is 3. The third-order valence-electron chi connectivity index (χ3n) is 2.67. The molecule has 0 fully saturated rings. The molecule has 0 aromatic heterocycles. The van der Waals surface area contributed by atoms with Crippen LogP contribution in [0.3, 0.4) is 0 Å². The Balaban J connectivity index is 2.33. The van der Waals surface area contributed by atoms with Crippen LogP contribution in [0.5, 0.6) is 0 Å². The lowest BCUT2D eigenvalue weighted by Gasteiger charge is -2.14. The van der Waals surface area contributed by atoms with E-state index in [1.165, 1.54) is 0 Å². The normalized spacial score (nSPS) is 11.6. The summed E-state index contributed by atoms with van der Waals surface area (Å²) >= 11 is 0. The number of aliphatic carboxylic acids is 1. The van der Waals surface area contributed by atoms with Crippen molar-refractivity contribution in [3.05, 3.63) is 35.9 Å². The summed E-state index contributed by atoms with van der Waals surface area (Å²) in [6, 6.07) is 8.29. The van der Waals surface area contributed by atoms with E-state index in [0.717, 1.165) is 5.56 Å². The van der Waals surface area contributed by atoms with E-state index in [-0.39, 0.29) is 26.1 Å². The first-order valence-corrected chi connectivity index (χ1v) is 6.41. The smallest absolute Gasteiger partial charge is 0.303 e. The minimum atomic E-state index is -1.06. The Kier molecular flexibility index (Phi) is 6.90. The molecule has 0 aliphatic rings. The average Bonchev–Trinajstić information content (AvgIpc) is 2.44. The monoisotopic (exact) mass is 294 g/mol. The molecule has 0 saturated carbocycles. The summed E-state index contributed by atoms with van der Waals surface area (Å²) in [5, 5.41) is 10.9. The van der Waals surface area contributed by atoms with E-state index in [9.17, 15) is 14.4 Å². The molecular weight excluding hydrogens is 276 g/mol. The zero-order valence-electron chi connectivity index (χ0n) is 11.5. The fraction of sp³-hybridized carbons (Fsp3) is 0.357. The summed E-state index contributed by atoms with van der Waals surface area (Å²) < 4.78 is 5.21. The highest BCUT2D eigenvalue weighted by molar-refractivity contribution is 5.87. The minimum Gasteiger partial charge on any atom is -0.481 e. The van der Waals surface area contributed by atoms with Crippen LogP contribution >= 0.6 is 0 Å². The highest BCUT2D eigenvalue weighted by atomic mass is 16.5. The number of ether oxygens (including phenoxy) is 1. The van der Waals surface area contributed by atoms with E-state index in [1.807, 2.05) is 30.3 Å². The number of nitrogens with one attached hydrogen (secondary N) is 1. The molecule has 1 rings (SSSR count). The minimum absolute atomic E-state index is 0.0465. The Morgan fingerprint density at radius 3 is 2.48 bits per heavy atom. The Labute approximate surface area is 122 Å². The van der Waals surface area contributed by atoms with Gasteiger partial charge in [0.2, 0.25) is 11.8 Å². The van der Waals surface area contributed by atoms with Crippen molar-refractivity contribution >= 4 is 17.8 Å². The maximum Gasteiger partial charge on any atom is 0.303 e. The fourth-order valence-electron chi connectivity index (χ4n) is 1.63. The Bertz CT molecular complexity index is 489. The van der Waals surface area contributed by atoms with Crippen molar-refractivity contribution in [3.8, 4) is 0 Å². The van der Waals surface area contributed by atoms with Crippen LogP contribution in [-0.4, -0.2) is 35.5 Å². The summed E-state index contributed by atoms with van der Waals surface area (Å²) in [6.45, 7) is 0.0381. The van der Waals surface area contributed by atoms with Gasteiger partial charge < -0.3 is 20.9 Å². The summed E-state index contributed by atoms with van der Waals surface area (Å²) in [6.07, 6.45) is -0.298. The zero-order valence-corrected chi connectivity index (χ0v) is 11.5. The highest BCUT2D eigenvalue weighted by Gasteiger charge is 2.19. The largest absolute Gasteiger partial charge is 0.481 e. The molecule has 0 unspecified atom stereocenters. The molecule has 0 spiro atoms. The maximum absolute atomic E-state index is 11.6. The lowest BCUT2D eigenvalue weighted by molar-refractivity contribution is -0.138. The van der Waals surface area contributed by atoms with Gasteiger partial charge >= 0.3 is 5.97 Å². The van der Waals surface area contributed by atoms with E-state index in [4.69, 9.17) is 15.6 Å². The predicted molar refractivity (Wildman–Crippen MR) is 74.1 cm³/mol. The molecule has 0 aliphatic carbocycles. The van der Waals surface area contributed by atoms with Crippen molar-refractivity contribution in [1.29, 1.82) is 0 Å². The van der Waals surface area contributed by atoms with E-state index in [2.05, 4.69) is 5.32 Å². The molecule has 1 aromatic carbocycles. The van der Waals surface area contributed by atoms with Crippen molar-refractivity contribution < 1.29 is 24.2 Å². The third-order valence-corrected chi connectivity index (χ3v) is 2.67. The SMILES string of the molecule is NC(=O)[C@@H](CCC(=O)O)NC(=O)COCc1ccccc1. The average molecular weight is 294 g/mol. The number of hydrogen-bond acceptors (Lipinski definition) is 4. The summed E-state index contributed by atoms with van der Waals surface area (Å²) in [5.74, 6) is -2.34. The second-order valence-electron chi connectivity index (χ2n) is 4.43. The van der Waals surface area contributed by atoms with E-state index < -0.39 is 23.8 Å². The van der Waals surface area contributed by atoms with Gasteiger partial charge in [-0.05, 0) is 12.0 Å². The number of carbonyl (C=O) groups excluding carboxylic acids is 2. The number of carboxylic acids is 1.